The van der Waals surface area contributed by atoms with Crippen LogP contribution in [0.3, 0.4) is 0 Å². The molecule has 0 radical (unpaired) electrons. The van der Waals surface area contributed by atoms with Gasteiger partial charge in [-0.15, -0.1) is 0 Å². The number of hydrogen-bond donors (Lipinski definition) is 1. The summed E-state index contributed by atoms with van der Waals surface area (Å²) in [4.78, 5) is 15.8. The lowest BCUT2D eigenvalue weighted by molar-refractivity contribution is -0.121. The summed E-state index contributed by atoms with van der Waals surface area (Å²) >= 11 is 0. The summed E-state index contributed by atoms with van der Waals surface area (Å²) in [7, 11) is 0. The molecule has 1 saturated heterocycles. The number of hydroxylamine groups is 1. The van der Waals surface area contributed by atoms with Gasteiger partial charge in [0.05, 0.1) is 6.61 Å². The Morgan fingerprint density at radius 3 is 3.20 bits per heavy atom. The molecule has 1 N–H and O–H groups in total. The van der Waals surface area contributed by atoms with Gasteiger partial charge in [0.15, 0.2) is 0 Å². The van der Waals surface area contributed by atoms with Crippen molar-refractivity contribution < 1.29 is 9.63 Å². The number of rotatable bonds is 1. The molecule has 0 aliphatic carbocycles. The van der Waals surface area contributed by atoms with E-state index in [1.807, 2.05) is 0 Å². The Kier molecular flexibility index (Phi) is 2.83. The standard InChI is InChI=1S/C7H13NO2/c1-6(9)7-3-2-4-10-8-5-7/h7-8H,2-5H2,1H3. The maximum Gasteiger partial charge on any atom is 0.134 e. The number of hydrogen-bond acceptors (Lipinski definition) is 3. The van der Waals surface area contributed by atoms with Gasteiger partial charge in [0.2, 0.25) is 0 Å². The smallest absolute Gasteiger partial charge is 0.134 e. The maximum atomic E-state index is 10.9. The fourth-order valence-electron chi connectivity index (χ4n) is 1.08. The molecule has 0 aromatic heterocycles. The van der Waals surface area contributed by atoms with Crippen LogP contribution in [0.25, 0.3) is 0 Å². The largest absolute Gasteiger partial charge is 0.302 e. The van der Waals surface area contributed by atoms with Crippen molar-refractivity contribution in [2.24, 2.45) is 5.92 Å². The van der Waals surface area contributed by atoms with Crippen LogP contribution in [0.1, 0.15) is 19.8 Å². The first-order valence-corrected chi connectivity index (χ1v) is 3.66. The van der Waals surface area contributed by atoms with Crippen molar-refractivity contribution in [1.82, 2.24) is 5.48 Å². The molecule has 0 saturated carbocycles. The van der Waals surface area contributed by atoms with Gasteiger partial charge in [0.1, 0.15) is 5.78 Å². The minimum atomic E-state index is 0.169. The highest BCUT2D eigenvalue weighted by atomic mass is 16.6. The number of Topliss-reactive ketones (excluding diaryl/α,β-unsaturated/α-hetero) is 1. The van der Waals surface area contributed by atoms with E-state index in [0.29, 0.717) is 6.54 Å². The molecule has 10 heavy (non-hydrogen) atoms. The molecule has 1 unspecified atom stereocenters. The molecule has 0 bridgehead atoms. The Bertz CT molecular complexity index is 117. The highest BCUT2D eigenvalue weighted by molar-refractivity contribution is 5.78. The normalized spacial score (nSPS) is 27.5. The van der Waals surface area contributed by atoms with E-state index in [1.165, 1.54) is 0 Å². The highest BCUT2D eigenvalue weighted by Gasteiger charge is 2.15. The summed E-state index contributed by atoms with van der Waals surface area (Å²) in [6.07, 6.45) is 1.94. The van der Waals surface area contributed by atoms with Crippen LogP contribution in [0, 0.1) is 5.92 Å². The molecule has 58 valence electrons. The second-order valence-electron chi connectivity index (χ2n) is 2.65. The van der Waals surface area contributed by atoms with Crippen molar-refractivity contribution in [3.05, 3.63) is 0 Å². The van der Waals surface area contributed by atoms with Crippen molar-refractivity contribution in [2.45, 2.75) is 19.8 Å². The zero-order valence-corrected chi connectivity index (χ0v) is 6.22. The SMILES string of the molecule is CC(=O)C1CCCONC1. The van der Waals surface area contributed by atoms with Crippen molar-refractivity contribution >= 4 is 5.78 Å². The monoisotopic (exact) mass is 143 g/mol. The van der Waals surface area contributed by atoms with E-state index in [0.717, 1.165) is 19.4 Å². The number of carbonyl (C=O) groups excluding carboxylic acids is 1. The Labute approximate surface area is 60.7 Å². The van der Waals surface area contributed by atoms with E-state index in [2.05, 4.69) is 5.48 Å². The van der Waals surface area contributed by atoms with Gasteiger partial charge >= 0.3 is 0 Å². The molecule has 1 rings (SSSR count). The van der Waals surface area contributed by atoms with E-state index < -0.39 is 0 Å². The zero-order chi connectivity index (χ0) is 7.40. The lowest BCUT2D eigenvalue weighted by Crippen LogP contribution is -2.24. The fraction of sp³-hybridized carbons (Fsp3) is 0.857. The van der Waals surface area contributed by atoms with Crippen LogP contribution in [-0.2, 0) is 9.63 Å². The van der Waals surface area contributed by atoms with E-state index >= 15 is 0 Å². The first kappa shape index (κ1) is 7.69. The molecule has 0 aromatic carbocycles. The van der Waals surface area contributed by atoms with Crippen molar-refractivity contribution in [3.63, 3.8) is 0 Å². The van der Waals surface area contributed by atoms with Crippen LogP contribution in [0.5, 0.6) is 0 Å². The molecule has 0 amide bonds. The summed E-state index contributed by atoms with van der Waals surface area (Å²) < 4.78 is 0. The lowest BCUT2D eigenvalue weighted by Gasteiger charge is -2.07. The molecule has 1 heterocycles. The average Bonchev–Trinajstić information content (AvgIpc) is 2.12. The van der Waals surface area contributed by atoms with Gasteiger partial charge in [-0.25, -0.2) is 5.48 Å². The van der Waals surface area contributed by atoms with Crippen molar-refractivity contribution in [1.29, 1.82) is 0 Å². The summed E-state index contributed by atoms with van der Waals surface area (Å²) in [6.45, 7) is 3.04. The Balaban J connectivity index is 2.35. The van der Waals surface area contributed by atoms with Gasteiger partial charge in [-0.1, -0.05) is 0 Å². The zero-order valence-electron chi connectivity index (χ0n) is 6.22. The number of ketones is 1. The third-order valence-corrected chi connectivity index (χ3v) is 1.81. The average molecular weight is 143 g/mol. The van der Waals surface area contributed by atoms with Crippen LogP contribution in [0.2, 0.25) is 0 Å². The van der Waals surface area contributed by atoms with Crippen LogP contribution >= 0.6 is 0 Å². The molecule has 0 spiro atoms. The molecule has 3 nitrogen and oxygen atoms in total. The maximum absolute atomic E-state index is 10.9. The first-order valence-electron chi connectivity index (χ1n) is 3.66. The molecule has 3 heteroatoms. The van der Waals surface area contributed by atoms with E-state index in [1.54, 1.807) is 6.92 Å². The van der Waals surface area contributed by atoms with Gasteiger partial charge in [-0.05, 0) is 19.8 Å². The lowest BCUT2D eigenvalue weighted by atomic mass is 10.0. The van der Waals surface area contributed by atoms with Crippen LogP contribution in [0.4, 0.5) is 0 Å². The molecular weight excluding hydrogens is 130 g/mol. The molecule has 1 atom stereocenters. The molecular formula is C7H13NO2. The van der Waals surface area contributed by atoms with Gasteiger partial charge < -0.3 is 4.84 Å². The summed E-state index contributed by atoms with van der Waals surface area (Å²) in [5.41, 5.74) is 2.76. The predicted octanol–water partition coefficient (Wildman–Crippen LogP) is 0.507. The summed E-state index contributed by atoms with van der Waals surface area (Å²) in [5, 5.41) is 0. The second kappa shape index (κ2) is 3.68. The highest BCUT2D eigenvalue weighted by Crippen LogP contribution is 2.09. The first-order chi connectivity index (χ1) is 4.80. The van der Waals surface area contributed by atoms with Gasteiger partial charge in [-0.2, -0.15) is 0 Å². The van der Waals surface area contributed by atoms with Crippen LogP contribution in [-0.4, -0.2) is 18.9 Å². The summed E-state index contributed by atoms with van der Waals surface area (Å²) in [6, 6.07) is 0. The Morgan fingerprint density at radius 2 is 2.50 bits per heavy atom. The number of nitrogens with one attached hydrogen (secondary N) is 1. The van der Waals surface area contributed by atoms with Crippen LogP contribution in [0.15, 0.2) is 0 Å². The van der Waals surface area contributed by atoms with E-state index in [9.17, 15) is 4.79 Å². The Hall–Kier alpha value is -0.410. The van der Waals surface area contributed by atoms with E-state index in [-0.39, 0.29) is 11.7 Å². The Morgan fingerprint density at radius 1 is 1.70 bits per heavy atom. The quantitative estimate of drug-likeness (QED) is 0.581. The summed E-state index contributed by atoms with van der Waals surface area (Å²) in [5.74, 6) is 0.431. The second-order valence-corrected chi connectivity index (χ2v) is 2.65. The molecule has 1 fully saturated rings. The topological polar surface area (TPSA) is 38.3 Å². The third-order valence-electron chi connectivity index (χ3n) is 1.81. The molecule has 0 aromatic rings. The van der Waals surface area contributed by atoms with Crippen molar-refractivity contribution in [2.75, 3.05) is 13.2 Å². The van der Waals surface area contributed by atoms with E-state index in [4.69, 9.17) is 4.84 Å². The van der Waals surface area contributed by atoms with Crippen molar-refractivity contribution in [3.8, 4) is 0 Å². The number of carbonyl (C=O) groups is 1. The van der Waals surface area contributed by atoms with Gasteiger partial charge in [-0.3, -0.25) is 4.79 Å². The molecule has 1 aliphatic heterocycles. The van der Waals surface area contributed by atoms with Gasteiger partial charge in [0.25, 0.3) is 0 Å². The van der Waals surface area contributed by atoms with Crippen LogP contribution < -0.4 is 5.48 Å². The third kappa shape index (κ3) is 2.08. The molecule has 1 aliphatic rings. The fourth-order valence-corrected chi connectivity index (χ4v) is 1.08. The predicted molar refractivity (Wildman–Crippen MR) is 37.4 cm³/mol. The minimum Gasteiger partial charge on any atom is -0.302 e. The van der Waals surface area contributed by atoms with Gasteiger partial charge in [0, 0.05) is 12.5 Å². The minimum absolute atomic E-state index is 0.169.